The Hall–Kier alpha value is -0.300. The third-order valence-electron chi connectivity index (χ3n) is 6.12. The van der Waals surface area contributed by atoms with Crippen molar-refractivity contribution >= 4 is 0 Å². The van der Waals surface area contributed by atoms with Crippen LogP contribution in [0, 0.1) is 23.2 Å². The molecule has 0 amide bonds. The molecule has 1 nitrogen and oxygen atoms in total. The second kappa shape index (κ2) is 3.13. The minimum Gasteiger partial charge on any atom is -0.390 e. The van der Waals surface area contributed by atoms with E-state index in [9.17, 15) is 5.11 Å². The van der Waals surface area contributed by atoms with Crippen LogP contribution >= 0.6 is 0 Å². The Balaban J connectivity index is 1.96. The highest BCUT2D eigenvalue weighted by Crippen LogP contribution is 2.65. The summed E-state index contributed by atoms with van der Waals surface area (Å²) in [5.74, 6) is 2.12. The Bertz CT molecular complexity index is 341. The van der Waals surface area contributed by atoms with Gasteiger partial charge < -0.3 is 5.11 Å². The smallest absolute Gasteiger partial charge is 0.0654 e. The molecule has 0 aromatic rings. The number of hydrogen-bond donors (Lipinski definition) is 1. The van der Waals surface area contributed by atoms with Gasteiger partial charge in [0.15, 0.2) is 0 Å². The monoisotopic (exact) mass is 220 g/mol. The Labute approximate surface area is 98.9 Å². The molecule has 0 aliphatic heterocycles. The minimum atomic E-state index is -0.365. The zero-order valence-electron chi connectivity index (χ0n) is 10.8. The molecule has 5 unspecified atom stereocenters. The van der Waals surface area contributed by atoms with Gasteiger partial charge in [-0.1, -0.05) is 25.5 Å². The summed E-state index contributed by atoms with van der Waals surface area (Å²) in [4.78, 5) is 0. The van der Waals surface area contributed by atoms with E-state index in [0.29, 0.717) is 11.3 Å². The quantitative estimate of drug-likeness (QED) is 0.619. The summed E-state index contributed by atoms with van der Waals surface area (Å²) in [6, 6.07) is 0. The molecule has 0 aromatic heterocycles. The molecule has 0 bridgehead atoms. The summed E-state index contributed by atoms with van der Waals surface area (Å²) in [6.07, 6.45) is 8.59. The van der Waals surface area contributed by atoms with Gasteiger partial charge in [0.2, 0.25) is 0 Å². The second-order valence-corrected chi connectivity index (χ2v) is 6.80. The molecule has 0 radical (unpaired) electrons. The Kier molecular flexibility index (Phi) is 2.12. The maximum absolute atomic E-state index is 10.3. The van der Waals surface area contributed by atoms with Gasteiger partial charge in [0, 0.05) is 0 Å². The van der Waals surface area contributed by atoms with Crippen molar-refractivity contribution in [2.75, 3.05) is 0 Å². The van der Waals surface area contributed by atoms with Crippen LogP contribution in [-0.4, -0.2) is 10.7 Å². The number of rotatable bonds is 0. The summed E-state index contributed by atoms with van der Waals surface area (Å²) >= 11 is 0. The molecule has 0 spiro atoms. The van der Waals surface area contributed by atoms with Gasteiger partial charge in [0.1, 0.15) is 0 Å². The highest BCUT2D eigenvalue weighted by atomic mass is 16.3. The molecule has 2 saturated carbocycles. The number of aliphatic hydroxyl groups is 1. The van der Waals surface area contributed by atoms with Crippen molar-refractivity contribution in [2.24, 2.45) is 23.2 Å². The van der Waals surface area contributed by atoms with Gasteiger partial charge in [0.25, 0.3) is 0 Å². The topological polar surface area (TPSA) is 20.2 Å². The molecule has 0 saturated heterocycles. The first-order valence-electron chi connectivity index (χ1n) is 6.88. The molecule has 0 heterocycles. The van der Waals surface area contributed by atoms with Crippen molar-refractivity contribution in [1.82, 2.24) is 0 Å². The van der Waals surface area contributed by atoms with E-state index >= 15 is 0 Å². The molecular formula is C15H24O. The van der Waals surface area contributed by atoms with E-state index in [4.69, 9.17) is 0 Å². The van der Waals surface area contributed by atoms with E-state index < -0.39 is 0 Å². The van der Waals surface area contributed by atoms with Crippen LogP contribution < -0.4 is 0 Å². The zero-order valence-corrected chi connectivity index (χ0v) is 10.8. The van der Waals surface area contributed by atoms with E-state index in [1.54, 1.807) is 5.57 Å². The molecule has 3 aliphatic carbocycles. The van der Waals surface area contributed by atoms with Crippen LogP contribution in [0.2, 0.25) is 0 Å². The normalized spacial score (nSPS) is 55.8. The fraction of sp³-hybridized carbons (Fsp3) is 0.867. The lowest BCUT2D eigenvalue weighted by Crippen LogP contribution is -2.61. The van der Waals surface area contributed by atoms with Gasteiger partial charge in [-0.3, -0.25) is 0 Å². The first kappa shape index (κ1) is 10.8. The Morgan fingerprint density at radius 3 is 2.69 bits per heavy atom. The Morgan fingerprint density at radius 2 is 2.00 bits per heavy atom. The van der Waals surface area contributed by atoms with Crippen molar-refractivity contribution in [1.29, 1.82) is 0 Å². The molecular weight excluding hydrogens is 196 g/mol. The third kappa shape index (κ3) is 1.16. The largest absolute Gasteiger partial charge is 0.390 e. The van der Waals surface area contributed by atoms with Gasteiger partial charge in [-0.25, -0.2) is 0 Å². The molecule has 3 rings (SSSR count). The lowest BCUT2D eigenvalue weighted by atomic mass is 9.43. The fourth-order valence-electron chi connectivity index (χ4n) is 4.78. The van der Waals surface area contributed by atoms with E-state index in [1.165, 1.54) is 25.7 Å². The van der Waals surface area contributed by atoms with Crippen molar-refractivity contribution in [2.45, 2.75) is 58.5 Å². The molecule has 90 valence electrons. The summed E-state index contributed by atoms with van der Waals surface area (Å²) in [7, 11) is 0. The van der Waals surface area contributed by atoms with E-state index in [-0.39, 0.29) is 5.60 Å². The maximum atomic E-state index is 10.3. The summed E-state index contributed by atoms with van der Waals surface area (Å²) in [5.41, 5.74) is 1.75. The SMILES string of the molecule is CC1CCC=C2CCC3C(CC3(C)O)C21C. The number of hydrogen-bond acceptors (Lipinski definition) is 1. The number of allylic oxidation sites excluding steroid dienone is 2. The molecule has 5 atom stereocenters. The van der Waals surface area contributed by atoms with Crippen LogP contribution in [0.4, 0.5) is 0 Å². The highest BCUT2D eigenvalue weighted by Gasteiger charge is 2.60. The van der Waals surface area contributed by atoms with E-state index in [1.807, 2.05) is 6.92 Å². The van der Waals surface area contributed by atoms with E-state index in [2.05, 4.69) is 19.9 Å². The van der Waals surface area contributed by atoms with Crippen molar-refractivity contribution in [3.8, 4) is 0 Å². The predicted molar refractivity (Wildman–Crippen MR) is 66.0 cm³/mol. The average Bonchev–Trinajstić information content (AvgIpc) is 2.20. The summed E-state index contributed by atoms with van der Waals surface area (Å²) < 4.78 is 0. The molecule has 1 heteroatoms. The van der Waals surface area contributed by atoms with Crippen LogP contribution in [0.3, 0.4) is 0 Å². The van der Waals surface area contributed by atoms with Crippen molar-refractivity contribution < 1.29 is 5.11 Å². The predicted octanol–water partition coefficient (Wildman–Crippen LogP) is 3.53. The van der Waals surface area contributed by atoms with Gasteiger partial charge in [-0.05, 0) is 62.2 Å². The lowest BCUT2D eigenvalue weighted by molar-refractivity contribution is -0.182. The van der Waals surface area contributed by atoms with E-state index in [0.717, 1.165) is 18.3 Å². The second-order valence-electron chi connectivity index (χ2n) is 6.80. The molecule has 0 aromatic carbocycles. The van der Waals surface area contributed by atoms with Crippen LogP contribution in [0.5, 0.6) is 0 Å². The van der Waals surface area contributed by atoms with Crippen LogP contribution in [0.15, 0.2) is 11.6 Å². The van der Waals surface area contributed by atoms with Gasteiger partial charge in [-0.15, -0.1) is 0 Å². The summed E-state index contributed by atoms with van der Waals surface area (Å²) in [5, 5.41) is 10.3. The van der Waals surface area contributed by atoms with Crippen LogP contribution in [0.1, 0.15) is 52.9 Å². The van der Waals surface area contributed by atoms with Crippen molar-refractivity contribution in [3.63, 3.8) is 0 Å². The minimum absolute atomic E-state index is 0.365. The summed E-state index contributed by atoms with van der Waals surface area (Å²) in [6.45, 7) is 6.93. The van der Waals surface area contributed by atoms with Crippen LogP contribution in [-0.2, 0) is 0 Å². The fourth-order valence-corrected chi connectivity index (χ4v) is 4.78. The molecule has 16 heavy (non-hydrogen) atoms. The van der Waals surface area contributed by atoms with Crippen molar-refractivity contribution in [3.05, 3.63) is 11.6 Å². The highest BCUT2D eigenvalue weighted by molar-refractivity contribution is 5.27. The zero-order chi connectivity index (χ0) is 11.6. The van der Waals surface area contributed by atoms with Gasteiger partial charge in [-0.2, -0.15) is 0 Å². The Morgan fingerprint density at radius 1 is 1.25 bits per heavy atom. The van der Waals surface area contributed by atoms with Gasteiger partial charge >= 0.3 is 0 Å². The van der Waals surface area contributed by atoms with Crippen LogP contribution in [0.25, 0.3) is 0 Å². The average molecular weight is 220 g/mol. The molecule has 1 N–H and O–H groups in total. The molecule has 2 fully saturated rings. The lowest BCUT2D eigenvalue weighted by Gasteiger charge is -2.63. The molecule has 3 aliphatic rings. The van der Waals surface area contributed by atoms with Gasteiger partial charge in [0.05, 0.1) is 5.60 Å². The maximum Gasteiger partial charge on any atom is 0.0654 e. The third-order valence-corrected chi connectivity index (χ3v) is 6.12. The standard InChI is InChI=1S/C15H24O/c1-10-5-4-6-11-7-8-12-13(15(10,11)3)9-14(12,2)16/h6,10,12-13,16H,4-5,7-9H2,1-3H3. The first-order valence-corrected chi connectivity index (χ1v) is 6.88. The number of fused-ring (bicyclic) bond motifs is 3. The first-order chi connectivity index (χ1) is 7.46.